The Labute approximate surface area is 181 Å². The molecule has 1 amide bonds. The zero-order chi connectivity index (χ0) is 22.3. The zero-order valence-electron chi connectivity index (χ0n) is 17.3. The van der Waals surface area contributed by atoms with Gasteiger partial charge in [0.15, 0.2) is 0 Å². The van der Waals surface area contributed by atoms with Crippen LogP contribution in [0.4, 0.5) is 5.69 Å². The maximum atomic E-state index is 12.5. The van der Waals surface area contributed by atoms with Gasteiger partial charge in [0.1, 0.15) is 17.3 Å². The van der Waals surface area contributed by atoms with E-state index < -0.39 is 10.0 Å². The molecule has 2 aromatic carbocycles. The first-order valence-corrected chi connectivity index (χ1v) is 11.0. The number of nitrogens with one attached hydrogen (secondary N) is 2. The normalized spacial score (nSPS) is 11.2. The standard InChI is InChI=1S/C22H24N2O6S/c1-28-18-9-10-21(29-2)16(13-18)8-11-22(25)24-17-5-3-7-20(14-17)31(26,27)23-15-19-6-4-12-30-19/h3-7,9-10,12-14,23H,8,11,15H2,1-2H3,(H,24,25). The summed E-state index contributed by atoms with van der Waals surface area (Å²) in [5.41, 5.74) is 1.24. The zero-order valence-corrected chi connectivity index (χ0v) is 18.1. The Hall–Kier alpha value is -3.30. The molecule has 0 saturated carbocycles. The summed E-state index contributed by atoms with van der Waals surface area (Å²) < 4.78 is 43.2. The number of aryl methyl sites for hydroxylation is 1. The Kier molecular flexibility index (Phi) is 7.32. The maximum Gasteiger partial charge on any atom is 0.241 e. The van der Waals surface area contributed by atoms with Crippen LogP contribution in [-0.4, -0.2) is 28.5 Å². The summed E-state index contributed by atoms with van der Waals surface area (Å²) in [5, 5.41) is 2.74. The van der Waals surface area contributed by atoms with Gasteiger partial charge in [-0.2, -0.15) is 0 Å². The number of carbonyl (C=O) groups is 1. The van der Waals surface area contributed by atoms with Gasteiger partial charge >= 0.3 is 0 Å². The van der Waals surface area contributed by atoms with E-state index in [4.69, 9.17) is 13.9 Å². The molecule has 0 aliphatic heterocycles. The number of hydrogen-bond acceptors (Lipinski definition) is 6. The lowest BCUT2D eigenvalue weighted by Crippen LogP contribution is -2.23. The van der Waals surface area contributed by atoms with Crippen LogP contribution in [0.5, 0.6) is 11.5 Å². The second kappa shape index (κ2) is 10.1. The molecule has 0 radical (unpaired) electrons. The summed E-state index contributed by atoms with van der Waals surface area (Å²) in [6, 6.07) is 14.8. The molecular weight excluding hydrogens is 420 g/mol. The van der Waals surface area contributed by atoms with Crippen LogP contribution in [0.15, 0.2) is 70.2 Å². The minimum absolute atomic E-state index is 0.0360. The highest BCUT2D eigenvalue weighted by Gasteiger charge is 2.16. The van der Waals surface area contributed by atoms with Crippen molar-refractivity contribution in [3.8, 4) is 11.5 Å². The van der Waals surface area contributed by atoms with Crippen molar-refractivity contribution in [3.63, 3.8) is 0 Å². The summed E-state index contributed by atoms with van der Waals surface area (Å²) in [6.07, 6.45) is 2.10. The van der Waals surface area contributed by atoms with Crippen molar-refractivity contribution < 1.29 is 27.1 Å². The number of methoxy groups -OCH3 is 2. The van der Waals surface area contributed by atoms with E-state index in [1.165, 1.54) is 18.4 Å². The van der Waals surface area contributed by atoms with E-state index in [0.29, 0.717) is 29.4 Å². The van der Waals surface area contributed by atoms with E-state index in [1.807, 2.05) is 6.07 Å². The molecule has 0 atom stereocenters. The lowest BCUT2D eigenvalue weighted by atomic mass is 10.1. The number of benzene rings is 2. The molecule has 9 heteroatoms. The molecule has 0 bridgehead atoms. The second-order valence-corrected chi connectivity index (χ2v) is 8.42. The monoisotopic (exact) mass is 444 g/mol. The number of sulfonamides is 1. The van der Waals surface area contributed by atoms with Gasteiger partial charge in [-0.1, -0.05) is 6.07 Å². The first kappa shape index (κ1) is 22.4. The number of ether oxygens (including phenoxy) is 2. The average Bonchev–Trinajstić information content (AvgIpc) is 3.30. The molecular formula is C22H24N2O6S. The Morgan fingerprint density at radius 2 is 1.87 bits per heavy atom. The van der Waals surface area contributed by atoms with Crippen LogP contribution in [-0.2, 0) is 27.8 Å². The third-order valence-corrected chi connectivity index (χ3v) is 5.95. The molecule has 164 valence electrons. The summed E-state index contributed by atoms with van der Waals surface area (Å²) in [5.74, 6) is 1.60. The fourth-order valence-electron chi connectivity index (χ4n) is 2.95. The summed E-state index contributed by atoms with van der Waals surface area (Å²) in [4.78, 5) is 12.5. The topological polar surface area (TPSA) is 107 Å². The molecule has 8 nitrogen and oxygen atoms in total. The van der Waals surface area contributed by atoms with Crippen molar-refractivity contribution in [2.45, 2.75) is 24.3 Å². The van der Waals surface area contributed by atoms with Crippen LogP contribution in [0.2, 0.25) is 0 Å². The predicted molar refractivity (Wildman–Crippen MR) is 116 cm³/mol. The molecule has 31 heavy (non-hydrogen) atoms. The SMILES string of the molecule is COc1ccc(OC)c(CCC(=O)Nc2cccc(S(=O)(=O)NCc3ccco3)c2)c1. The van der Waals surface area contributed by atoms with Crippen molar-refractivity contribution in [1.82, 2.24) is 4.72 Å². The van der Waals surface area contributed by atoms with Gasteiger partial charge in [0.25, 0.3) is 0 Å². The average molecular weight is 445 g/mol. The van der Waals surface area contributed by atoms with Crippen molar-refractivity contribution in [3.05, 3.63) is 72.2 Å². The molecule has 3 aromatic rings. The van der Waals surface area contributed by atoms with Crippen molar-refractivity contribution in [2.24, 2.45) is 0 Å². The van der Waals surface area contributed by atoms with Gasteiger partial charge in [0.2, 0.25) is 15.9 Å². The van der Waals surface area contributed by atoms with Gasteiger partial charge in [-0.25, -0.2) is 13.1 Å². The number of anilines is 1. The number of hydrogen-bond donors (Lipinski definition) is 2. The highest BCUT2D eigenvalue weighted by Crippen LogP contribution is 2.25. The van der Waals surface area contributed by atoms with E-state index in [2.05, 4.69) is 10.0 Å². The third kappa shape index (κ3) is 6.09. The first-order valence-electron chi connectivity index (χ1n) is 9.54. The van der Waals surface area contributed by atoms with E-state index >= 15 is 0 Å². The lowest BCUT2D eigenvalue weighted by molar-refractivity contribution is -0.116. The number of furan rings is 1. The lowest BCUT2D eigenvalue weighted by Gasteiger charge is -2.11. The minimum atomic E-state index is -3.76. The summed E-state index contributed by atoms with van der Waals surface area (Å²) in [6.45, 7) is 0.0360. The quantitative estimate of drug-likeness (QED) is 0.497. The van der Waals surface area contributed by atoms with Gasteiger partial charge in [0.05, 0.1) is 31.9 Å². The molecule has 2 N–H and O–H groups in total. The Balaban J connectivity index is 1.62. The number of carbonyl (C=O) groups excluding carboxylic acids is 1. The van der Waals surface area contributed by atoms with Gasteiger partial charge < -0.3 is 19.2 Å². The van der Waals surface area contributed by atoms with Gasteiger partial charge in [0, 0.05) is 12.1 Å². The molecule has 0 unspecified atom stereocenters. The van der Waals surface area contributed by atoms with Gasteiger partial charge in [-0.15, -0.1) is 0 Å². The van der Waals surface area contributed by atoms with E-state index in [0.717, 1.165) is 5.56 Å². The molecule has 0 fully saturated rings. The van der Waals surface area contributed by atoms with Crippen LogP contribution in [0.25, 0.3) is 0 Å². The highest BCUT2D eigenvalue weighted by atomic mass is 32.2. The highest BCUT2D eigenvalue weighted by molar-refractivity contribution is 7.89. The second-order valence-electron chi connectivity index (χ2n) is 6.66. The number of amides is 1. The van der Waals surface area contributed by atoms with Crippen molar-refractivity contribution in [1.29, 1.82) is 0 Å². The van der Waals surface area contributed by atoms with Crippen LogP contribution in [0, 0.1) is 0 Å². The van der Waals surface area contributed by atoms with Crippen LogP contribution in [0.1, 0.15) is 17.7 Å². The predicted octanol–water partition coefficient (Wildman–Crippen LogP) is 3.35. The molecule has 1 heterocycles. The van der Waals surface area contributed by atoms with Crippen molar-refractivity contribution >= 4 is 21.6 Å². The molecule has 0 spiro atoms. The Morgan fingerprint density at radius 1 is 1.03 bits per heavy atom. The fraction of sp³-hybridized carbons (Fsp3) is 0.227. The Bertz CT molecular complexity index is 1130. The van der Waals surface area contributed by atoms with Crippen LogP contribution < -0.4 is 19.5 Å². The van der Waals surface area contributed by atoms with E-state index in [9.17, 15) is 13.2 Å². The largest absolute Gasteiger partial charge is 0.497 e. The molecule has 3 rings (SSSR count). The van der Waals surface area contributed by atoms with Crippen molar-refractivity contribution in [2.75, 3.05) is 19.5 Å². The summed E-state index contributed by atoms with van der Waals surface area (Å²) >= 11 is 0. The molecule has 0 aliphatic carbocycles. The molecule has 0 aliphatic rings. The number of rotatable bonds is 10. The van der Waals surface area contributed by atoms with Gasteiger partial charge in [-0.3, -0.25) is 4.79 Å². The van der Waals surface area contributed by atoms with Crippen LogP contribution in [0.3, 0.4) is 0 Å². The maximum absolute atomic E-state index is 12.5. The first-order chi connectivity index (χ1) is 14.9. The Morgan fingerprint density at radius 3 is 2.58 bits per heavy atom. The molecule has 1 aromatic heterocycles. The van der Waals surface area contributed by atoms with E-state index in [-0.39, 0.29) is 23.8 Å². The third-order valence-electron chi connectivity index (χ3n) is 4.55. The summed E-state index contributed by atoms with van der Waals surface area (Å²) in [7, 11) is -0.619. The smallest absolute Gasteiger partial charge is 0.241 e. The van der Waals surface area contributed by atoms with Gasteiger partial charge in [-0.05, 0) is 60.5 Å². The minimum Gasteiger partial charge on any atom is -0.497 e. The molecule has 0 saturated heterocycles. The van der Waals surface area contributed by atoms with Crippen LogP contribution >= 0.6 is 0 Å². The fourth-order valence-corrected chi connectivity index (χ4v) is 3.99. The van der Waals surface area contributed by atoms with E-state index in [1.54, 1.807) is 50.6 Å².